The third-order valence-corrected chi connectivity index (χ3v) is 11.3. The fourth-order valence-corrected chi connectivity index (χ4v) is 8.65. The molecule has 3 heterocycles. The van der Waals surface area contributed by atoms with Crippen LogP contribution in [0.4, 0.5) is 10.1 Å². The largest absolute Gasteiger partial charge is 0.371 e. The Morgan fingerprint density at radius 2 is 1.68 bits per heavy atom. The number of piperidine rings is 1. The number of anilines is 1. The molecule has 0 radical (unpaired) electrons. The smallest absolute Gasteiger partial charge is 0.240 e. The first-order valence-electron chi connectivity index (χ1n) is 14.4. The lowest BCUT2D eigenvalue weighted by Crippen LogP contribution is -2.59. The molecule has 0 amide bonds. The van der Waals surface area contributed by atoms with Crippen molar-refractivity contribution < 1.29 is 12.8 Å². The van der Waals surface area contributed by atoms with E-state index in [-0.39, 0.29) is 11.4 Å². The Bertz CT molecular complexity index is 1230. The summed E-state index contributed by atoms with van der Waals surface area (Å²) in [5.74, 6) is 1.78. The van der Waals surface area contributed by atoms with Crippen molar-refractivity contribution in [3.63, 3.8) is 0 Å². The fourth-order valence-electron chi connectivity index (χ4n) is 7.92. The van der Waals surface area contributed by atoms with Gasteiger partial charge in [0.15, 0.2) is 0 Å². The first-order valence-corrected chi connectivity index (χ1v) is 15.9. The van der Waals surface area contributed by atoms with E-state index in [2.05, 4.69) is 25.9 Å². The van der Waals surface area contributed by atoms with E-state index in [1.807, 2.05) is 18.2 Å². The molecular weight excluding hydrogens is 499 g/mol. The van der Waals surface area contributed by atoms with Gasteiger partial charge in [-0.3, -0.25) is 0 Å². The summed E-state index contributed by atoms with van der Waals surface area (Å²) in [7, 11) is -1.96. The molecule has 0 spiro atoms. The van der Waals surface area contributed by atoms with Crippen LogP contribution in [0.5, 0.6) is 0 Å². The van der Waals surface area contributed by atoms with E-state index in [1.165, 1.54) is 38.3 Å². The molecule has 8 heteroatoms. The highest BCUT2D eigenvalue weighted by Gasteiger charge is 2.50. The molecule has 6 rings (SSSR count). The molecule has 4 aliphatic rings. The maximum absolute atomic E-state index is 14.9. The van der Waals surface area contributed by atoms with Crippen LogP contribution in [0.2, 0.25) is 0 Å². The number of halogens is 1. The van der Waals surface area contributed by atoms with Crippen molar-refractivity contribution >= 4 is 15.7 Å². The second kappa shape index (κ2) is 10.5. The zero-order valence-corrected chi connectivity index (χ0v) is 23.3. The quantitative estimate of drug-likeness (QED) is 0.554. The van der Waals surface area contributed by atoms with Gasteiger partial charge in [-0.1, -0.05) is 25.0 Å². The third-order valence-electron chi connectivity index (χ3n) is 9.84. The van der Waals surface area contributed by atoms with Crippen molar-refractivity contribution in [2.75, 3.05) is 51.2 Å². The minimum absolute atomic E-state index is 0.0170. The van der Waals surface area contributed by atoms with Gasteiger partial charge in [-0.15, -0.1) is 0 Å². The molecule has 2 saturated heterocycles. The molecular formula is C30H41FN4O2S. The Kier molecular flexibility index (Phi) is 7.27. The summed E-state index contributed by atoms with van der Waals surface area (Å²) >= 11 is 0. The lowest BCUT2D eigenvalue weighted by Gasteiger charge is -2.53. The van der Waals surface area contributed by atoms with Gasteiger partial charge in [0, 0.05) is 43.3 Å². The fraction of sp³-hybridized carbons (Fsp3) is 0.600. The first-order chi connectivity index (χ1) is 18.4. The van der Waals surface area contributed by atoms with Crippen molar-refractivity contribution in [1.29, 1.82) is 0 Å². The average molecular weight is 541 g/mol. The molecule has 0 aromatic heterocycles. The lowest BCUT2D eigenvalue weighted by atomic mass is 9.63. The molecule has 2 aromatic rings. The topological polar surface area (TPSA) is 64.7 Å². The second-order valence-electron chi connectivity index (χ2n) is 11.8. The van der Waals surface area contributed by atoms with Gasteiger partial charge in [0.2, 0.25) is 10.0 Å². The molecule has 206 valence electrons. The monoisotopic (exact) mass is 540 g/mol. The number of nitrogens with zero attached hydrogens (tertiary/aromatic N) is 2. The Morgan fingerprint density at radius 3 is 2.37 bits per heavy atom. The van der Waals surface area contributed by atoms with Gasteiger partial charge in [0.05, 0.1) is 4.90 Å². The number of fused-ring (bicyclic) bond motifs is 1. The summed E-state index contributed by atoms with van der Waals surface area (Å²) in [5, 5.41) is 4.01. The normalized spacial score (nSPS) is 25.9. The molecule has 3 fully saturated rings. The van der Waals surface area contributed by atoms with Crippen LogP contribution in [0.3, 0.4) is 0 Å². The maximum atomic E-state index is 14.9. The maximum Gasteiger partial charge on any atom is 0.240 e. The summed E-state index contributed by atoms with van der Waals surface area (Å²) in [5.41, 5.74) is 3.24. The minimum Gasteiger partial charge on any atom is -0.371 e. The van der Waals surface area contributed by atoms with E-state index in [0.29, 0.717) is 22.6 Å². The van der Waals surface area contributed by atoms with Crippen LogP contribution in [-0.2, 0) is 22.0 Å². The van der Waals surface area contributed by atoms with E-state index in [0.717, 1.165) is 69.8 Å². The summed E-state index contributed by atoms with van der Waals surface area (Å²) in [6.07, 6.45) is 8.22. The summed E-state index contributed by atoms with van der Waals surface area (Å²) < 4.78 is 41.2. The standard InChI is InChI=1S/C30H41FN4O2S/c1-32-38(36,37)26-11-9-25(10-12-26)35-20-22(21-35)19-34-17-14-24(15-18-34)30(23-5-2-3-6-23)28-7-4-8-29(31)27(28)13-16-33-30/h4,7-12,22-24,32-33H,2-3,5-6,13-21H2,1H3. The number of benzene rings is 2. The number of nitrogens with one attached hydrogen (secondary N) is 2. The lowest BCUT2D eigenvalue weighted by molar-refractivity contribution is 0.0488. The van der Waals surface area contributed by atoms with Gasteiger partial charge in [-0.05, 0) is 106 Å². The van der Waals surface area contributed by atoms with E-state index >= 15 is 0 Å². The molecule has 2 N–H and O–H groups in total. The molecule has 0 bridgehead atoms. The van der Waals surface area contributed by atoms with E-state index < -0.39 is 10.0 Å². The van der Waals surface area contributed by atoms with E-state index in [4.69, 9.17) is 0 Å². The predicted octanol–water partition coefficient (Wildman–Crippen LogP) is 4.11. The van der Waals surface area contributed by atoms with Gasteiger partial charge >= 0.3 is 0 Å². The molecule has 1 atom stereocenters. The highest BCUT2D eigenvalue weighted by atomic mass is 32.2. The average Bonchev–Trinajstić information content (AvgIpc) is 3.47. The number of likely N-dealkylation sites (tertiary alicyclic amines) is 1. The van der Waals surface area contributed by atoms with Crippen molar-refractivity contribution in [3.8, 4) is 0 Å². The van der Waals surface area contributed by atoms with Gasteiger partial charge in [0.25, 0.3) is 0 Å². The van der Waals surface area contributed by atoms with Crippen LogP contribution in [-0.4, -0.2) is 59.6 Å². The van der Waals surface area contributed by atoms with E-state index in [1.54, 1.807) is 18.2 Å². The van der Waals surface area contributed by atoms with Crippen LogP contribution in [0, 0.1) is 23.6 Å². The van der Waals surface area contributed by atoms with Gasteiger partial charge in [-0.2, -0.15) is 0 Å². The molecule has 2 aromatic carbocycles. The van der Waals surface area contributed by atoms with Crippen LogP contribution in [0.1, 0.15) is 49.7 Å². The van der Waals surface area contributed by atoms with Gasteiger partial charge in [-0.25, -0.2) is 17.5 Å². The Labute approximate surface area is 227 Å². The molecule has 38 heavy (non-hydrogen) atoms. The number of rotatable bonds is 7. The number of hydrogen-bond donors (Lipinski definition) is 2. The van der Waals surface area contributed by atoms with Crippen molar-refractivity contribution in [2.45, 2.75) is 55.4 Å². The highest BCUT2D eigenvalue weighted by Crippen LogP contribution is 2.51. The number of sulfonamides is 1. The van der Waals surface area contributed by atoms with Crippen molar-refractivity contribution in [2.24, 2.45) is 17.8 Å². The van der Waals surface area contributed by atoms with Crippen molar-refractivity contribution in [3.05, 3.63) is 59.4 Å². The van der Waals surface area contributed by atoms with Crippen LogP contribution in [0.25, 0.3) is 0 Å². The van der Waals surface area contributed by atoms with Gasteiger partial charge < -0.3 is 15.1 Å². The molecule has 6 nitrogen and oxygen atoms in total. The molecule has 3 aliphatic heterocycles. The molecule has 1 unspecified atom stereocenters. The minimum atomic E-state index is -3.40. The Balaban J connectivity index is 1.07. The zero-order chi connectivity index (χ0) is 26.3. The molecule has 1 saturated carbocycles. The summed E-state index contributed by atoms with van der Waals surface area (Å²) in [6, 6.07) is 13.0. The predicted molar refractivity (Wildman–Crippen MR) is 149 cm³/mol. The molecule has 1 aliphatic carbocycles. The van der Waals surface area contributed by atoms with Crippen LogP contribution in [0.15, 0.2) is 47.4 Å². The zero-order valence-electron chi connectivity index (χ0n) is 22.5. The SMILES string of the molecule is CNS(=O)(=O)c1ccc(N2CC(CN3CCC(C4(C5CCCC5)NCCc5c(F)cccc54)CC3)C2)cc1. The summed E-state index contributed by atoms with van der Waals surface area (Å²) in [4.78, 5) is 5.27. The van der Waals surface area contributed by atoms with Crippen molar-refractivity contribution in [1.82, 2.24) is 14.9 Å². The Morgan fingerprint density at radius 1 is 1.00 bits per heavy atom. The van der Waals surface area contributed by atoms with Gasteiger partial charge in [0.1, 0.15) is 5.82 Å². The second-order valence-corrected chi connectivity index (χ2v) is 13.7. The highest BCUT2D eigenvalue weighted by molar-refractivity contribution is 7.89. The number of hydrogen-bond acceptors (Lipinski definition) is 5. The first kappa shape index (κ1) is 26.2. The third kappa shape index (κ3) is 4.67. The summed E-state index contributed by atoms with van der Waals surface area (Å²) in [6.45, 7) is 6.24. The van der Waals surface area contributed by atoms with E-state index in [9.17, 15) is 12.8 Å². The van der Waals surface area contributed by atoms with Crippen LogP contribution >= 0.6 is 0 Å². The van der Waals surface area contributed by atoms with Crippen LogP contribution < -0.4 is 14.9 Å². The Hall–Kier alpha value is -2.00.